The smallest absolute Gasteiger partial charge is 0.197 e. The molecular formula is C12H10F4N2. The fourth-order valence-corrected chi connectivity index (χ4v) is 3.14. The van der Waals surface area contributed by atoms with E-state index in [1.807, 2.05) is 0 Å². The van der Waals surface area contributed by atoms with Gasteiger partial charge in [0, 0.05) is 22.8 Å². The van der Waals surface area contributed by atoms with Gasteiger partial charge in [-0.2, -0.15) is 5.10 Å². The lowest BCUT2D eigenvalue weighted by molar-refractivity contribution is 0.369. The van der Waals surface area contributed by atoms with Crippen LogP contribution in [-0.4, -0.2) is 5.71 Å². The maximum absolute atomic E-state index is 13.8. The fourth-order valence-electron chi connectivity index (χ4n) is 3.14. The van der Waals surface area contributed by atoms with Gasteiger partial charge in [-0.25, -0.2) is 17.6 Å². The van der Waals surface area contributed by atoms with Gasteiger partial charge in [0.25, 0.3) is 0 Å². The quantitative estimate of drug-likeness (QED) is 0.251. The predicted molar refractivity (Wildman–Crippen MR) is 57.2 cm³/mol. The van der Waals surface area contributed by atoms with Crippen molar-refractivity contribution in [2.75, 3.05) is 0 Å². The van der Waals surface area contributed by atoms with Crippen LogP contribution in [0.4, 0.5) is 17.6 Å². The molecule has 6 heteroatoms. The number of nitrogens with zero attached hydrogens (tertiary/aromatic N) is 1. The molecule has 2 N–H and O–H groups in total. The third-order valence-electron chi connectivity index (χ3n) is 3.93. The van der Waals surface area contributed by atoms with Gasteiger partial charge in [-0.15, -0.1) is 0 Å². The van der Waals surface area contributed by atoms with Crippen molar-refractivity contribution in [2.24, 2.45) is 10.9 Å². The van der Waals surface area contributed by atoms with Crippen LogP contribution in [0.3, 0.4) is 0 Å². The molecule has 0 aliphatic heterocycles. The summed E-state index contributed by atoms with van der Waals surface area (Å²) in [6.07, 6.45) is 1.53. The van der Waals surface area contributed by atoms with Gasteiger partial charge in [0.1, 0.15) is 0 Å². The van der Waals surface area contributed by atoms with E-state index in [9.17, 15) is 17.6 Å². The number of nitrogens with two attached hydrogens (primary N) is 1. The predicted octanol–water partition coefficient (Wildman–Crippen LogP) is 2.92. The molecule has 1 aromatic rings. The van der Waals surface area contributed by atoms with Crippen molar-refractivity contribution in [3.8, 4) is 0 Å². The Morgan fingerprint density at radius 2 is 1.50 bits per heavy atom. The molecule has 2 nitrogen and oxygen atoms in total. The SMILES string of the molecule is N/N=C1/CC2CCC1c1c(F)c(F)c(F)c(F)c12. The molecule has 96 valence electrons. The van der Waals surface area contributed by atoms with Gasteiger partial charge in [0.15, 0.2) is 23.3 Å². The average molecular weight is 258 g/mol. The lowest BCUT2D eigenvalue weighted by Crippen LogP contribution is -2.33. The van der Waals surface area contributed by atoms with E-state index in [4.69, 9.17) is 5.84 Å². The summed E-state index contributed by atoms with van der Waals surface area (Å²) in [6, 6.07) is 0. The van der Waals surface area contributed by atoms with Gasteiger partial charge in [-0.3, -0.25) is 0 Å². The molecular weight excluding hydrogens is 248 g/mol. The van der Waals surface area contributed by atoms with Crippen LogP contribution in [0.2, 0.25) is 0 Å². The van der Waals surface area contributed by atoms with E-state index < -0.39 is 29.2 Å². The van der Waals surface area contributed by atoms with Crippen LogP contribution in [0, 0.1) is 23.3 Å². The second-order valence-corrected chi connectivity index (χ2v) is 4.73. The number of hydrogen-bond acceptors (Lipinski definition) is 2. The average Bonchev–Trinajstić information content (AvgIpc) is 2.42. The molecule has 0 spiro atoms. The zero-order valence-corrected chi connectivity index (χ0v) is 9.31. The van der Waals surface area contributed by atoms with E-state index in [1.165, 1.54) is 0 Å². The van der Waals surface area contributed by atoms with E-state index in [0.717, 1.165) is 0 Å². The molecule has 0 radical (unpaired) electrons. The van der Waals surface area contributed by atoms with Crippen LogP contribution in [0.15, 0.2) is 5.10 Å². The molecule has 0 heterocycles. The van der Waals surface area contributed by atoms with Crippen molar-refractivity contribution in [3.63, 3.8) is 0 Å². The number of hydrazone groups is 1. The summed E-state index contributed by atoms with van der Waals surface area (Å²) >= 11 is 0. The maximum Gasteiger partial charge on any atom is 0.197 e. The van der Waals surface area contributed by atoms with E-state index in [-0.39, 0.29) is 17.0 Å². The monoisotopic (exact) mass is 258 g/mol. The summed E-state index contributed by atoms with van der Waals surface area (Å²) in [5.74, 6) is -1.75. The molecule has 0 aromatic heterocycles. The van der Waals surface area contributed by atoms with Gasteiger partial charge in [-0.1, -0.05) is 0 Å². The molecule has 3 aliphatic rings. The summed E-state index contributed by atoms with van der Waals surface area (Å²) < 4.78 is 54.1. The first kappa shape index (κ1) is 11.5. The highest BCUT2D eigenvalue weighted by atomic mass is 19.2. The Morgan fingerprint density at radius 3 is 2.11 bits per heavy atom. The minimum absolute atomic E-state index is 0.0324. The Hall–Kier alpha value is -1.59. The molecule has 18 heavy (non-hydrogen) atoms. The Morgan fingerprint density at radius 1 is 0.889 bits per heavy atom. The first-order chi connectivity index (χ1) is 8.56. The number of hydrogen-bond donors (Lipinski definition) is 1. The van der Waals surface area contributed by atoms with E-state index in [0.29, 0.717) is 25.0 Å². The third kappa shape index (κ3) is 1.26. The molecule has 0 saturated heterocycles. The normalized spacial score (nSPS) is 27.7. The standard InChI is InChI=1S/C12H10F4N2/c13-9-7-4-1-2-5(6(3-4)18-17)8(7)10(14)12(16)11(9)15/h4-5H,1-3,17H2/b18-6-. The van der Waals surface area contributed by atoms with Crippen LogP contribution >= 0.6 is 0 Å². The van der Waals surface area contributed by atoms with Gasteiger partial charge < -0.3 is 5.84 Å². The van der Waals surface area contributed by atoms with Crippen LogP contribution in [0.25, 0.3) is 0 Å². The zero-order chi connectivity index (χ0) is 13.0. The minimum atomic E-state index is -1.75. The fraction of sp³-hybridized carbons (Fsp3) is 0.417. The van der Waals surface area contributed by atoms with Crippen molar-refractivity contribution in [2.45, 2.75) is 31.1 Å². The lowest BCUT2D eigenvalue weighted by atomic mass is 9.65. The van der Waals surface area contributed by atoms with Crippen LogP contribution < -0.4 is 5.84 Å². The summed E-state index contributed by atoms with van der Waals surface area (Å²) in [4.78, 5) is 0. The highest BCUT2D eigenvalue weighted by Gasteiger charge is 2.43. The lowest BCUT2D eigenvalue weighted by Gasteiger charge is -2.39. The Labute approximate surface area is 100 Å². The third-order valence-corrected chi connectivity index (χ3v) is 3.93. The van der Waals surface area contributed by atoms with Gasteiger partial charge in [0.2, 0.25) is 0 Å². The molecule has 2 bridgehead atoms. The van der Waals surface area contributed by atoms with E-state index in [2.05, 4.69) is 5.10 Å². The number of fused-ring (bicyclic) bond motifs is 2. The first-order valence-electron chi connectivity index (χ1n) is 5.68. The highest BCUT2D eigenvalue weighted by Crippen LogP contribution is 2.50. The van der Waals surface area contributed by atoms with Gasteiger partial charge >= 0.3 is 0 Å². The van der Waals surface area contributed by atoms with Crippen molar-refractivity contribution >= 4 is 5.71 Å². The van der Waals surface area contributed by atoms with Crippen molar-refractivity contribution < 1.29 is 17.6 Å². The molecule has 0 amide bonds. The summed E-state index contributed by atoms with van der Waals surface area (Å²) in [7, 11) is 0. The highest BCUT2D eigenvalue weighted by molar-refractivity contribution is 5.94. The molecule has 2 atom stereocenters. The van der Waals surface area contributed by atoms with Crippen LogP contribution in [0.1, 0.15) is 42.2 Å². The van der Waals surface area contributed by atoms with Crippen molar-refractivity contribution in [1.82, 2.24) is 0 Å². The van der Waals surface area contributed by atoms with Crippen LogP contribution in [-0.2, 0) is 0 Å². The molecule has 1 fully saturated rings. The maximum atomic E-state index is 13.8. The topological polar surface area (TPSA) is 38.4 Å². The molecule has 2 unspecified atom stereocenters. The van der Waals surface area contributed by atoms with E-state index in [1.54, 1.807) is 0 Å². The second-order valence-electron chi connectivity index (χ2n) is 4.73. The second kappa shape index (κ2) is 3.70. The molecule has 3 aliphatic carbocycles. The Balaban J connectivity index is 2.34. The molecule has 4 rings (SSSR count). The summed E-state index contributed by atoms with van der Waals surface area (Å²) in [6.45, 7) is 0. The molecule has 1 aromatic carbocycles. The minimum Gasteiger partial charge on any atom is -0.323 e. The number of benzene rings is 1. The number of rotatable bonds is 0. The van der Waals surface area contributed by atoms with Gasteiger partial charge in [0.05, 0.1) is 0 Å². The molecule has 1 saturated carbocycles. The van der Waals surface area contributed by atoms with Crippen molar-refractivity contribution in [3.05, 3.63) is 34.4 Å². The van der Waals surface area contributed by atoms with Gasteiger partial charge in [-0.05, 0) is 25.2 Å². The summed E-state index contributed by atoms with van der Waals surface area (Å²) in [5.41, 5.74) is 0.399. The first-order valence-corrected chi connectivity index (χ1v) is 5.68. The largest absolute Gasteiger partial charge is 0.323 e. The number of halogens is 4. The Bertz CT molecular complexity index is 568. The van der Waals surface area contributed by atoms with Crippen molar-refractivity contribution in [1.29, 1.82) is 0 Å². The zero-order valence-electron chi connectivity index (χ0n) is 9.31. The Kier molecular flexibility index (Phi) is 2.36. The van der Waals surface area contributed by atoms with E-state index >= 15 is 0 Å². The van der Waals surface area contributed by atoms with Crippen LogP contribution in [0.5, 0.6) is 0 Å². The summed E-state index contributed by atoms with van der Waals surface area (Å²) in [5, 5.41) is 3.56.